The Bertz CT molecular complexity index is 863. The Balaban J connectivity index is 2.00. The topological polar surface area (TPSA) is 49.8 Å². The Morgan fingerprint density at radius 3 is 2.32 bits per heavy atom. The molecule has 2 aromatic carbocycles. The lowest BCUT2D eigenvalue weighted by Crippen LogP contribution is -2.12. The maximum absolute atomic E-state index is 14.1. The summed E-state index contributed by atoms with van der Waals surface area (Å²) in [4.78, 5) is 9.11. The fraction of sp³-hybridized carbons (Fsp3) is 0.200. The van der Waals surface area contributed by atoms with Crippen LogP contribution in [0.2, 0.25) is 0 Å². The highest BCUT2D eigenvalue weighted by atomic mass is 19.1. The Labute approximate surface area is 147 Å². The van der Waals surface area contributed by atoms with Gasteiger partial charge in [-0.05, 0) is 38.5 Å². The number of halogens is 1. The van der Waals surface area contributed by atoms with E-state index in [1.807, 2.05) is 57.2 Å². The van der Waals surface area contributed by atoms with E-state index in [2.05, 4.69) is 20.6 Å². The maximum Gasteiger partial charge on any atom is 0.163 e. The van der Waals surface area contributed by atoms with Crippen molar-refractivity contribution in [3.63, 3.8) is 0 Å². The number of aromatic nitrogens is 2. The van der Waals surface area contributed by atoms with Gasteiger partial charge in [0.15, 0.2) is 5.82 Å². The Morgan fingerprint density at radius 2 is 1.64 bits per heavy atom. The monoisotopic (exact) mass is 336 g/mol. The van der Waals surface area contributed by atoms with Crippen molar-refractivity contribution >= 4 is 17.3 Å². The Kier molecular flexibility index (Phi) is 4.93. The van der Waals surface area contributed by atoms with Crippen molar-refractivity contribution in [2.45, 2.75) is 26.8 Å². The van der Waals surface area contributed by atoms with Gasteiger partial charge >= 0.3 is 0 Å². The molecule has 0 aliphatic carbocycles. The van der Waals surface area contributed by atoms with Crippen LogP contribution in [0.5, 0.6) is 0 Å². The van der Waals surface area contributed by atoms with E-state index >= 15 is 0 Å². The first-order valence-corrected chi connectivity index (χ1v) is 8.25. The summed E-state index contributed by atoms with van der Waals surface area (Å²) in [5.41, 5.74) is 2.17. The third kappa shape index (κ3) is 4.32. The minimum atomic E-state index is -0.307. The molecule has 0 unspecified atom stereocenters. The highest BCUT2D eigenvalue weighted by molar-refractivity contribution is 5.65. The average molecular weight is 336 g/mol. The van der Waals surface area contributed by atoms with E-state index in [-0.39, 0.29) is 11.9 Å². The van der Waals surface area contributed by atoms with Crippen LogP contribution >= 0.6 is 0 Å². The van der Waals surface area contributed by atoms with Gasteiger partial charge < -0.3 is 10.6 Å². The second-order valence-corrected chi connectivity index (χ2v) is 6.24. The molecule has 5 heteroatoms. The molecule has 1 aromatic heterocycles. The lowest BCUT2D eigenvalue weighted by atomic mass is 10.2. The van der Waals surface area contributed by atoms with Gasteiger partial charge in [-0.2, -0.15) is 0 Å². The van der Waals surface area contributed by atoms with Crippen molar-refractivity contribution in [3.05, 3.63) is 66.0 Å². The summed E-state index contributed by atoms with van der Waals surface area (Å²) in [7, 11) is 0. The zero-order valence-corrected chi connectivity index (χ0v) is 14.5. The molecule has 0 saturated carbocycles. The number of nitrogens with one attached hydrogen (secondary N) is 2. The lowest BCUT2D eigenvalue weighted by molar-refractivity contribution is 0.630. The molecule has 128 valence electrons. The summed E-state index contributed by atoms with van der Waals surface area (Å²) in [6.45, 7) is 5.93. The molecular formula is C20H21FN4. The van der Waals surface area contributed by atoms with E-state index in [0.717, 1.165) is 11.1 Å². The minimum Gasteiger partial charge on any atom is -0.368 e. The fourth-order valence-corrected chi connectivity index (χ4v) is 2.46. The molecule has 3 rings (SSSR count). The SMILES string of the molecule is Cc1ccc(Nc2cc(NC(C)C)nc(-c3ccccc3)n2)c(F)c1. The van der Waals surface area contributed by atoms with Crippen LogP contribution in [0.1, 0.15) is 19.4 Å². The molecule has 4 nitrogen and oxygen atoms in total. The third-order valence-corrected chi connectivity index (χ3v) is 3.58. The van der Waals surface area contributed by atoms with Crippen LogP contribution in [-0.2, 0) is 0 Å². The van der Waals surface area contributed by atoms with Crippen molar-refractivity contribution in [2.75, 3.05) is 10.6 Å². The van der Waals surface area contributed by atoms with Crippen LogP contribution in [0, 0.1) is 12.7 Å². The summed E-state index contributed by atoms with van der Waals surface area (Å²) in [6, 6.07) is 16.8. The number of rotatable bonds is 5. The van der Waals surface area contributed by atoms with Crippen molar-refractivity contribution in [3.8, 4) is 11.4 Å². The summed E-state index contributed by atoms with van der Waals surface area (Å²) in [5, 5.41) is 6.34. The average Bonchev–Trinajstić information content (AvgIpc) is 2.57. The van der Waals surface area contributed by atoms with Crippen LogP contribution < -0.4 is 10.6 Å². The van der Waals surface area contributed by atoms with Gasteiger partial charge in [0.05, 0.1) is 5.69 Å². The molecule has 25 heavy (non-hydrogen) atoms. The molecule has 2 N–H and O–H groups in total. The van der Waals surface area contributed by atoms with E-state index in [9.17, 15) is 4.39 Å². The number of aryl methyl sites for hydroxylation is 1. The molecule has 0 atom stereocenters. The van der Waals surface area contributed by atoms with E-state index in [0.29, 0.717) is 23.1 Å². The second-order valence-electron chi connectivity index (χ2n) is 6.24. The fourth-order valence-electron chi connectivity index (χ4n) is 2.46. The van der Waals surface area contributed by atoms with Crippen molar-refractivity contribution in [1.82, 2.24) is 9.97 Å². The molecule has 0 spiro atoms. The van der Waals surface area contributed by atoms with Crippen LogP contribution in [-0.4, -0.2) is 16.0 Å². The summed E-state index contributed by atoms with van der Waals surface area (Å²) < 4.78 is 14.1. The number of hydrogen-bond donors (Lipinski definition) is 2. The second kappa shape index (κ2) is 7.30. The van der Waals surface area contributed by atoms with Gasteiger partial charge in [0.2, 0.25) is 0 Å². The molecule has 0 fully saturated rings. The molecular weight excluding hydrogens is 315 g/mol. The standard InChI is InChI=1S/C20H21FN4/c1-13(2)22-18-12-19(23-17-10-9-14(3)11-16(17)21)25-20(24-18)15-7-5-4-6-8-15/h4-13H,1-3H3,(H2,22,23,24,25). The van der Waals surface area contributed by atoms with Crippen LogP contribution in [0.25, 0.3) is 11.4 Å². The van der Waals surface area contributed by atoms with Crippen molar-refractivity contribution < 1.29 is 4.39 Å². The number of benzene rings is 2. The molecule has 0 amide bonds. The summed E-state index contributed by atoms with van der Waals surface area (Å²) in [6.07, 6.45) is 0. The molecule has 1 heterocycles. The third-order valence-electron chi connectivity index (χ3n) is 3.58. The van der Waals surface area contributed by atoms with Crippen LogP contribution in [0.3, 0.4) is 0 Å². The molecule has 0 aliphatic heterocycles. The molecule has 0 bridgehead atoms. The molecule has 0 radical (unpaired) electrons. The Morgan fingerprint density at radius 1 is 0.920 bits per heavy atom. The van der Waals surface area contributed by atoms with Gasteiger partial charge in [0.1, 0.15) is 17.5 Å². The van der Waals surface area contributed by atoms with Crippen LogP contribution in [0.4, 0.5) is 21.7 Å². The smallest absolute Gasteiger partial charge is 0.163 e. The lowest BCUT2D eigenvalue weighted by Gasteiger charge is -2.14. The predicted molar refractivity (Wildman–Crippen MR) is 101 cm³/mol. The van der Waals surface area contributed by atoms with Gasteiger partial charge in [0, 0.05) is 17.7 Å². The molecule has 0 saturated heterocycles. The van der Waals surface area contributed by atoms with E-state index in [4.69, 9.17) is 0 Å². The molecule has 3 aromatic rings. The number of anilines is 3. The van der Waals surface area contributed by atoms with Gasteiger partial charge in [-0.25, -0.2) is 14.4 Å². The van der Waals surface area contributed by atoms with E-state index in [1.165, 1.54) is 6.07 Å². The van der Waals surface area contributed by atoms with E-state index < -0.39 is 0 Å². The molecule has 0 aliphatic rings. The van der Waals surface area contributed by atoms with Crippen molar-refractivity contribution in [2.24, 2.45) is 0 Å². The zero-order valence-electron chi connectivity index (χ0n) is 14.5. The summed E-state index contributed by atoms with van der Waals surface area (Å²) >= 11 is 0. The first kappa shape index (κ1) is 16.9. The maximum atomic E-state index is 14.1. The zero-order chi connectivity index (χ0) is 17.8. The van der Waals surface area contributed by atoms with Gasteiger partial charge in [0.25, 0.3) is 0 Å². The first-order chi connectivity index (χ1) is 12.0. The van der Waals surface area contributed by atoms with Gasteiger partial charge in [-0.3, -0.25) is 0 Å². The largest absolute Gasteiger partial charge is 0.368 e. The van der Waals surface area contributed by atoms with E-state index in [1.54, 1.807) is 12.1 Å². The quantitative estimate of drug-likeness (QED) is 0.676. The highest BCUT2D eigenvalue weighted by Crippen LogP contribution is 2.24. The Hall–Kier alpha value is -2.95. The predicted octanol–water partition coefficient (Wildman–Crippen LogP) is 5.16. The van der Waals surface area contributed by atoms with Gasteiger partial charge in [-0.15, -0.1) is 0 Å². The normalized spacial score (nSPS) is 10.8. The summed E-state index contributed by atoms with van der Waals surface area (Å²) in [5.74, 6) is 1.51. The van der Waals surface area contributed by atoms with Gasteiger partial charge in [-0.1, -0.05) is 36.4 Å². The van der Waals surface area contributed by atoms with Crippen LogP contribution in [0.15, 0.2) is 54.6 Å². The number of hydrogen-bond acceptors (Lipinski definition) is 4. The highest BCUT2D eigenvalue weighted by Gasteiger charge is 2.10. The number of nitrogens with zero attached hydrogens (tertiary/aromatic N) is 2. The first-order valence-electron chi connectivity index (χ1n) is 8.25. The van der Waals surface area contributed by atoms with Crippen molar-refractivity contribution in [1.29, 1.82) is 0 Å². The minimum absolute atomic E-state index is 0.225.